The summed E-state index contributed by atoms with van der Waals surface area (Å²) in [7, 11) is 1.72. The van der Waals surface area contributed by atoms with Crippen LogP contribution in [0, 0.1) is 5.92 Å². The molecule has 104 valence electrons. The van der Waals surface area contributed by atoms with Crippen molar-refractivity contribution in [3.63, 3.8) is 0 Å². The van der Waals surface area contributed by atoms with Crippen molar-refractivity contribution < 1.29 is 9.53 Å². The SMILES string of the molecule is COC1CN(C(=O)CCc2ccncn2)CCC1C. The third kappa shape index (κ3) is 3.73. The molecule has 19 heavy (non-hydrogen) atoms. The molecule has 2 unspecified atom stereocenters. The van der Waals surface area contributed by atoms with Crippen LogP contribution in [0.3, 0.4) is 0 Å². The second kappa shape index (κ2) is 6.61. The lowest BCUT2D eigenvalue weighted by atomic mass is 9.95. The van der Waals surface area contributed by atoms with Gasteiger partial charge in [-0.25, -0.2) is 9.97 Å². The first kappa shape index (κ1) is 13.9. The maximum Gasteiger partial charge on any atom is 0.223 e. The summed E-state index contributed by atoms with van der Waals surface area (Å²) in [5.74, 6) is 0.712. The first-order valence-electron chi connectivity index (χ1n) is 6.76. The molecule has 0 saturated carbocycles. The number of aromatic nitrogens is 2. The minimum atomic E-state index is 0.164. The van der Waals surface area contributed by atoms with E-state index in [4.69, 9.17) is 4.74 Å². The van der Waals surface area contributed by atoms with E-state index < -0.39 is 0 Å². The summed E-state index contributed by atoms with van der Waals surface area (Å²) in [6.45, 7) is 3.72. The van der Waals surface area contributed by atoms with Gasteiger partial charge in [-0.1, -0.05) is 6.92 Å². The normalized spacial score (nSPS) is 23.4. The van der Waals surface area contributed by atoms with Gasteiger partial charge in [-0.05, 0) is 24.8 Å². The first-order valence-corrected chi connectivity index (χ1v) is 6.76. The molecule has 0 radical (unpaired) electrons. The molecule has 1 aliphatic rings. The quantitative estimate of drug-likeness (QED) is 0.821. The van der Waals surface area contributed by atoms with E-state index in [9.17, 15) is 4.79 Å². The molecular weight excluding hydrogens is 242 g/mol. The lowest BCUT2D eigenvalue weighted by Gasteiger charge is -2.36. The summed E-state index contributed by atoms with van der Waals surface area (Å²) in [6.07, 6.45) is 5.57. The molecule has 5 nitrogen and oxygen atoms in total. The van der Waals surface area contributed by atoms with Crippen LogP contribution in [0.5, 0.6) is 0 Å². The Morgan fingerprint density at radius 1 is 1.58 bits per heavy atom. The number of aryl methyl sites for hydroxylation is 1. The van der Waals surface area contributed by atoms with Gasteiger partial charge in [0.1, 0.15) is 6.33 Å². The molecule has 1 fully saturated rings. The second-order valence-corrected chi connectivity index (χ2v) is 5.08. The Bertz CT molecular complexity index is 410. The summed E-state index contributed by atoms with van der Waals surface area (Å²) < 4.78 is 5.43. The lowest BCUT2D eigenvalue weighted by Crippen LogP contribution is -2.46. The smallest absolute Gasteiger partial charge is 0.223 e. The summed E-state index contributed by atoms with van der Waals surface area (Å²) in [6, 6.07) is 1.85. The van der Waals surface area contributed by atoms with Crippen molar-refractivity contribution in [2.45, 2.75) is 32.3 Å². The highest BCUT2D eigenvalue weighted by Gasteiger charge is 2.28. The summed E-state index contributed by atoms with van der Waals surface area (Å²) in [5, 5.41) is 0. The molecule has 0 aromatic carbocycles. The number of carbonyl (C=O) groups excluding carboxylic acids is 1. The molecule has 1 aromatic rings. The van der Waals surface area contributed by atoms with Gasteiger partial charge in [-0.3, -0.25) is 4.79 Å². The van der Waals surface area contributed by atoms with Gasteiger partial charge in [0.2, 0.25) is 5.91 Å². The minimum absolute atomic E-state index is 0.164. The number of rotatable bonds is 4. The Hall–Kier alpha value is -1.49. The predicted molar refractivity (Wildman–Crippen MR) is 71.5 cm³/mol. The molecule has 0 aliphatic carbocycles. The first-order chi connectivity index (χ1) is 9.20. The van der Waals surface area contributed by atoms with Crippen LogP contribution in [-0.2, 0) is 16.0 Å². The molecule has 1 saturated heterocycles. The van der Waals surface area contributed by atoms with Gasteiger partial charge >= 0.3 is 0 Å². The maximum atomic E-state index is 12.2. The van der Waals surface area contributed by atoms with E-state index in [-0.39, 0.29) is 12.0 Å². The largest absolute Gasteiger partial charge is 0.379 e. The Labute approximate surface area is 114 Å². The van der Waals surface area contributed by atoms with Gasteiger partial charge in [0.05, 0.1) is 6.10 Å². The number of carbonyl (C=O) groups is 1. The molecule has 0 N–H and O–H groups in total. The van der Waals surface area contributed by atoms with Crippen LogP contribution in [-0.4, -0.2) is 47.1 Å². The zero-order valence-electron chi connectivity index (χ0n) is 11.6. The van der Waals surface area contributed by atoms with Gasteiger partial charge < -0.3 is 9.64 Å². The zero-order valence-corrected chi connectivity index (χ0v) is 11.6. The number of likely N-dealkylation sites (tertiary alicyclic amines) is 1. The average Bonchev–Trinajstić information content (AvgIpc) is 2.46. The molecule has 2 rings (SSSR count). The molecule has 0 bridgehead atoms. The number of nitrogens with zero attached hydrogens (tertiary/aromatic N) is 3. The predicted octanol–water partition coefficient (Wildman–Crippen LogP) is 1.29. The Balaban J connectivity index is 1.83. The van der Waals surface area contributed by atoms with Gasteiger partial charge in [0.25, 0.3) is 0 Å². The molecular formula is C14H21N3O2. The van der Waals surface area contributed by atoms with E-state index in [1.165, 1.54) is 6.33 Å². The average molecular weight is 263 g/mol. The van der Waals surface area contributed by atoms with E-state index in [2.05, 4.69) is 16.9 Å². The van der Waals surface area contributed by atoms with Crippen molar-refractivity contribution in [1.29, 1.82) is 0 Å². The molecule has 1 aromatic heterocycles. The third-order valence-corrected chi connectivity index (χ3v) is 3.78. The van der Waals surface area contributed by atoms with Gasteiger partial charge in [0.15, 0.2) is 0 Å². The Kier molecular flexibility index (Phi) is 4.85. The highest BCUT2D eigenvalue weighted by atomic mass is 16.5. The minimum Gasteiger partial charge on any atom is -0.379 e. The Morgan fingerprint density at radius 3 is 3.11 bits per heavy atom. The highest BCUT2D eigenvalue weighted by Crippen LogP contribution is 2.20. The molecule has 1 amide bonds. The topological polar surface area (TPSA) is 55.3 Å². The Morgan fingerprint density at radius 2 is 2.42 bits per heavy atom. The monoisotopic (exact) mass is 263 g/mol. The number of methoxy groups -OCH3 is 1. The van der Waals surface area contributed by atoms with Crippen molar-refractivity contribution >= 4 is 5.91 Å². The number of amides is 1. The molecule has 0 spiro atoms. The lowest BCUT2D eigenvalue weighted by molar-refractivity contribution is -0.136. The third-order valence-electron chi connectivity index (χ3n) is 3.78. The maximum absolute atomic E-state index is 12.2. The standard InChI is InChI=1S/C14H21N3O2/c1-11-6-8-17(9-13(11)19-2)14(18)4-3-12-5-7-15-10-16-12/h5,7,10-11,13H,3-4,6,8-9H2,1-2H3. The van der Waals surface area contributed by atoms with Crippen molar-refractivity contribution in [2.75, 3.05) is 20.2 Å². The van der Waals surface area contributed by atoms with Crippen LogP contribution >= 0.6 is 0 Å². The number of piperidine rings is 1. The van der Waals surface area contributed by atoms with Crippen molar-refractivity contribution in [3.05, 3.63) is 24.3 Å². The van der Waals surface area contributed by atoms with E-state index >= 15 is 0 Å². The van der Waals surface area contributed by atoms with Crippen molar-refractivity contribution in [2.24, 2.45) is 5.92 Å². The van der Waals surface area contributed by atoms with Gasteiger partial charge in [-0.2, -0.15) is 0 Å². The fourth-order valence-corrected chi connectivity index (χ4v) is 2.43. The van der Waals surface area contributed by atoms with E-state index in [1.54, 1.807) is 13.3 Å². The van der Waals surface area contributed by atoms with Crippen LogP contribution < -0.4 is 0 Å². The summed E-state index contributed by atoms with van der Waals surface area (Å²) in [4.78, 5) is 22.1. The molecule has 5 heteroatoms. The molecule has 2 heterocycles. The van der Waals surface area contributed by atoms with Crippen LogP contribution in [0.25, 0.3) is 0 Å². The van der Waals surface area contributed by atoms with Gasteiger partial charge in [0, 0.05) is 38.5 Å². The summed E-state index contributed by atoms with van der Waals surface area (Å²) in [5.41, 5.74) is 0.914. The van der Waals surface area contributed by atoms with Crippen molar-refractivity contribution in [3.8, 4) is 0 Å². The van der Waals surface area contributed by atoms with Crippen LogP contribution in [0.4, 0.5) is 0 Å². The number of ether oxygens (including phenoxy) is 1. The van der Waals surface area contributed by atoms with Crippen LogP contribution in [0.1, 0.15) is 25.5 Å². The van der Waals surface area contributed by atoms with E-state index in [1.807, 2.05) is 11.0 Å². The van der Waals surface area contributed by atoms with E-state index in [0.29, 0.717) is 25.3 Å². The summed E-state index contributed by atoms with van der Waals surface area (Å²) >= 11 is 0. The number of hydrogen-bond donors (Lipinski definition) is 0. The van der Waals surface area contributed by atoms with E-state index in [0.717, 1.165) is 18.7 Å². The number of hydrogen-bond acceptors (Lipinski definition) is 4. The highest BCUT2D eigenvalue weighted by molar-refractivity contribution is 5.76. The molecule has 2 atom stereocenters. The van der Waals surface area contributed by atoms with Crippen LogP contribution in [0.15, 0.2) is 18.6 Å². The van der Waals surface area contributed by atoms with Crippen molar-refractivity contribution in [1.82, 2.24) is 14.9 Å². The van der Waals surface area contributed by atoms with Crippen LogP contribution in [0.2, 0.25) is 0 Å². The fraction of sp³-hybridized carbons (Fsp3) is 0.643. The zero-order chi connectivity index (χ0) is 13.7. The van der Waals surface area contributed by atoms with Gasteiger partial charge in [-0.15, -0.1) is 0 Å². The second-order valence-electron chi connectivity index (χ2n) is 5.08. The molecule has 1 aliphatic heterocycles. The fourth-order valence-electron chi connectivity index (χ4n) is 2.43.